The predicted octanol–water partition coefficient (Wildman–Crippen LogP) is 1.16. The van der Waals surface area contributed by atoms with Crippen molar-refractivity contribution in [2.45, 2.75) is 6.92 Å². The molecule has 0 saturated carbocycles. The molecule has 3 aromatic rings. The average Bonchev–Trinajstić information content (AvgIpc) is 2.85. The first-order valence-corrected chi connectivity index (χ1v) is 6.72. The van der Waals surface area contributed by atoms with Crippen LogP contribution >= 0.6 is 0 Å². The normalized spacial score (nSPS) is 10.8. The van der Waals surface area contributed by atoms with E-state index in [0.29, 0.717) is 5.69 Å². The highest BCUT2D eigenvalue weighted by molar-refractivity contribution is 5.95. The predicted molar refractivity (Wildman–Crippen MR) is 80.0 cm³/mol. The number of carbonyl (C=O) groups is 1. The fraction of sp³-hybridized carbons (Fsp3) is 0.133. The molecule has 112 valence electrons. The number of aromatic amines is 2. The van der Waals surface area contributed by atoms with Crippen molar-refractivity contribution in [3.05, 3.63) is 62.7 Å². The van der Waals surface area contributed by atoms with Gasteiger partial charge >= 0.3 is 5.97 Å². The van der Waals surface area contributed by atoms with Gasteiger partial charge in [-0.2, -0.15) is 4.52 Å². The van der Waals surface area contributed by atoms with Crippen molar-refractivity contribution < 1.29 is 9.53 Å². The van der Waals surface area contributed by atoms with Gasteiger partial charge in [0.1, 0.15) is 0 Å². The quantitative estimate of drug-likeness (QED) is 0.709. The van der Waals surface area contributed by atoms with E-state index >= 15 is 0 Å². The maximum atomic E-state index is 12.1. The van der Waals surface area contributed by atoms with E-state index in [9.17, 15) is 14.4 Å². The molecule has 0 saturated heterocycles. The smallest absolute Gasteiger partial charge is 0.347 e. The zero-order valence-electron chi connectivity index (χ0n) is 11.8. The van der Waals surface area contributed by atoms with Gasteiger partial charge in [0.15, 0.2) is 11.2 Å². The summed E-state index contributed by atoms with van der Waals surface area (Å²) >= 11 is 0. The Morgan fingerprint density at radius 2 is 1.95 bits per heavy atom. The van der Waals surface area contributed by atoms with Crippen LogP contribution < -0.4 is 11.1 Å². The lowest BCUT2D eigenvalue weighted by atomic mass is 10.1. The SMILES string of the molecule is CCOC(=O)c1c(=O)[nH]n2c(=O)cc(-c3ccccc3)[nH]c12. The molecule has 0 aliphatic carbocycles. The van der Waals surface area contributed by atoms with Gasteiger partial charge in [-0.05, 0) is 12.5 Å². The Kier molecular flexibility index (Phi) is 3.38. The van der Waals surface area contributed by atoms with Crippen LogP contribution in [0.3, 0.4) is 0 Å². The minimum absolute atomic E-state index is 0.0924. The summed E-state index contributed by atoms with van der Waals surface area (Å²) in [6, 6.07) is 10.5. The van der Waals surface area contributed by atoms with E-state index in [-0.39, 0.29) is 17.8 Å². The van der Waals surface area contributed by atoms with Crippen molar-refractivity contribution in [3.8, 4) is 11.3 Å². The first kappa shape index (κ1) is 13.9. The van der Waals surface area contributed by atoms with E-state index in [2.05, 4.69) is 10.1 Å². The lowest BCUT2D eigenvalue weighted by Crippen LogP contribution is -2.16. The summed E-state index contributed by atoms with van der Waals surface area (Å²) in [5.74, 6) is -0.771. The highest BCUT2D eigenvalue weighted by Gasteiger charge is 2.20. The minimum atomic E-state index is -0.771. The Hall–Kier alpha value is -3.09. The number of H-pyrrole nitrogens is 2. The third-order valence-corrected chi connectivity index (χ3v) is 3.21. The fourth-order valence-corrected chi connectivity index (χ4v) is 2.23. The molecule has 7 nitrogen and oxygen atoms in total. The zero-order chi connectivity index (χ0) is 15.7. The van der Waals surface area contributed by atoms with Crippen LogP contribution in [-0.2, 0) is 4.74 Å². The number of hydrogen-bond donors (Lipinski definition) is 2. The number of benzene rings is 1. The first-order valence-electron chi connectivity index (χ1n) is 6.72. The number of fused-ring (bicyclic) bond motifs is 1. The second-order valence-corrected chi connectivity index (χ2v) is 4.61. The Labute approximate surface area is 124 Å². The Morgan fingerprint density at radius 1 is 1.23 bits per heavy atom. The van der Waals surface area contributed by atoms with Gasteiger partial charge in [0, 0.05) is 6.07 Å². The number of ether oxygens (including phenoxy) is 1. The molecule has 7 heteroatoms. The molecule has 0 unspecified atom stereocenters. The van der Waals surface area contributed by atoms with Crippen molar-refractivity contribution >= 4 is 11.6 Å². The van der Waals surface area contributed by atoms with E-state index in [4.69, 9.17) is 4.74 Å². The third-order valence-electron chi connectivity index (χ3n) is 3.21. The van der Waals surface area contributed by atoms with E-state index in [1.165, 1.54) is 6.07 Å². The summed E-state index contributed by atoms with van der Waals surface area (Å²) in [6.45, 7) is 1.78. The van der Waals surface area contributed by atoms with Crippen LogP contribution in [0, 0.1) is 0 Å². The molecule has 0 bridgehead atoms. The van der Waals surface area contributed by atoms with Crippen LogP contribution in [-0.4, -0.2) is 27.2 Å². The fourth-order valence-electron chi connectivity index (χ4n) is 2.23. The highest BCUT2D eigenvalue weighted by Crippen LogP contribution is 2.16. The van der Waals surface area contributed by atoms with E-state index in [1.54, 1.807) is 6.92 Å². The van der Waals surface area contributed by atoms with Crippen LogP contribution in [0.15, 0.2) is 46.0 Å². The molecule has 0 amide bonds. The molecule has 3 rings (SSSR count). The second-order valence-electron chi connectivity index (χ2n) is 4.61. The molecular formula is C15H13N3O4. The number of aromatic nitrogens is 3. The summed E-state index contributed by atoms with van der Waals surface area (Å²) in [4.78, 5) is 38.9. The number of rotatable bonds is 3. The number of carbonyl (C=O) groups excluding carboxylic acids is 1. The summed E-state index contributed by atoms with van der Waals surface area (Å²) in [5, 5.41) is 2.33. The molecule has 2 aromatic heterocycles. The standard InChI is InChI=1S/C15H13N3O4/c1-2-22-15(21)12-13-16-10(9-6-4-3-5-7-9)8-11(19)18(13)17-14(12)20/h3-8,16H,2H2,1H3,(H,17,20). The van der Waals surface area contributed by atoms with Crippen molar-refractivity contribution in [2.75, 3.05) is 6.61 Å². The molecule has 0 radical (unpaired) electrons. The zero-order valence-corrected chi connectivity index (χ0v) is 11.8. The molecule has 2 N–H and O–H groups in total. The number of nitrogens with zero attached hydrogens (tertiary/aromatic N) is 1. The van der Waals surface area contributed by atoms with Gasteiger partial charge in [0.25, 0.3) is 11.1 Å². The maximum absolute atomic E-state index is 12.1. The number of hydrogen-bond acceptors (Lipinski definition) is 4. The van der Waals surface area contributed by atoms with Gasteiger partial charge in [0.2, 0.25) is 0 Å². The van der Waals surface area contributed by atoms with E-state index in [0.717, 1.165) is 10.1 Å². The molecular weight excluding hydrogens is 286 g/mol. The molecule has 0 aliphatic heterocycles. The third kappa shape index (κ3) is 2.22. The number of esters is 1. The molecule has 2 heterocycles. The van der Waals surface area contributed by atoms with Crippen molar-refractivity contribution in [1.82, 2.24) is 14.6 Å². The molecule has 0 atom stereocenters. The average molecular weight is 299 g/mol. The molecule has 0 fully saturated rings. The van der Waals surface area contributed by atoms with Gasteiger partial charge in [-0.15, -0.1) is 0 Å². The summed E-state index contributed by atoms with van der Waals surface area (Å²) in [6.07, 6.45) is 0. The molecule has 1 aromatic carbocycles. The Morgan fingerprint density at radius 3 is 2.64 bits per heavy atom. The van der Waals surface area contributed by atoms with Crippen LogP contribution in [0.1, 0.15) is 17.3 Å². The lowest BCUT2D eigenvalue weighted by Gasteiger charge is -2.04. The van der Waals surface area contributed by atoms with Crippen molar-refractivity contribution in [3.63, 3.8) is 0 Å². The van der Waals surface area contributed by atoms with Crippen LogP contribution in [0.25, 0.3) is 16.9 Å². The molecule has 0 aliphatic rings. The van der Waals surface area contributed by atoms with E-state index in [1.807, 2.05) is 30.3 Å². The van der Waals surface area contributed by atoms with E-state index < -0.39 is 17.1 Å². The van der Waals surface area contributed by atoms with Gasteiger partial charge < -0.3 is 9.72 Å². The van der Waals surface area contributed by atoms with Gasteiger partial charge in [-0.1, -0.05) is 30.3 Å². The lowest BCUT2D eigenvalue weighted by molar-refractivity contribution is 0.0527. The van der Waals surface area contributed by atoms with Crippen molar-refractivity contribution in [1.29, 1.82) is 0 Å². The maximum Gasteiger partial charge on any atom is 0.347 e. The molecule has 0 spiro atoms. The minimum Gasteiger partial charge on any atom is -0.462 e. The van der Waals surface area contributed by atoms with Crippen molar-refractivity contribution in [2.24, 2.45) is 0 Å². The van der Waals surface area contributed by atoms with Crippen LogP contribution in [0.5, 0.6) is 0 Å². The summed E-state index contributed by atoms with van der Waals surface area (Å²) < 4.78 is 5.87. The van der Waals surface area contributed by atoms with Crippen LogP contribution in [0.4, 0.5) is 0 Å². The Balaban J connectivity index is 2.29. The first-order chi connectivity index (χ1) is 10.6. The second kappa shape index (κ2) is 5.36. The topological polar surface area (TPSA) is 96.4 Å². The largest absolute Gasteiger partial charge is 0.462 e. The summed E-state index contributed by atoms with van der Waals surface area (Å²) in [5.41, 5.74) is 0.0458. The Bertz CT molecular complexity index is 950. The van der Waals surface area contributed by atoms with Crippen LogP contribution in [0.2, 0.25) is 0 Å². The highest BCUT2D eigenvalue weighted by atomic mass is 16.5. The van der Waals surface area contributed by atoms with Gasteiger partial charge in [0.05, 0.1) is 12.3 Å². The van der Waals surface area contributed by atoms with Gasteiger partial charge in [-0.25, -0.2) is 4.79 Å². The summed E-state index contributed by atoms with van der Waals surface area (Å²) in [7, 11) is 0. The molecule has 22 heavy (non-hydrogen) atoms. The van der Waals surface area contributed by atoms with Gasteiger partial charge in [-0.3, -0.25) is 14.7 Å². The monoisotopic (exact) mass is 299 g/mol. The number of nitrogens with one attached hydrogen (secondary N) is 2.